The van der Waals surface area contributed by atoms with Crippen LogP contribution in [0.15, 0.2) is 170 Å². The molecular formula is C75H132O3. The molecule has 0 amide bonds. The van der Waals surface area contributed by atoms with Gasteiger partial charge in [0.25, 0.3) is 0 Å². The fourth-order valence-electron chi connectivity index (χ4n) is 6.72. The van der Waals surface area contributed by atoms with Gasteiger partial charge in [0.2, 0.25) is 0 Å². The molecule has 4 aliphatic rings. The van der Waals surface area contributed by atoms with Crippen LogP contribution in [0.4, 0.5) is 0 Å². The van der Waals surface area contributed by atoms with Crippen molar-refractivity contribution in [3.63, 3.8) is 0 Å². The first-order valence-electron chi connectivity index (χ1n) is 27.2. The predicted octanol–water partition coefficient (Wildman–Crippen LogP) is 25.3. The average molecular weight is 1080 g/mol. The zero-order chi connectivity index (χ0) is 53.6. The summed E-state index contributed by atoms with van der Waals surface area (Å²) in [5.74, 6) is 0.630. The minimum Gasteiger partial charge on any atom is -0.300 e. The Bertz CT molecular complexity index is 1810. The molecule has 3 nitrogen and oxygen atoms in total. The lowest BCUT2D eigenvalue weighted by Crippen LogP contribution is -2.16. The van der Waals surface area contributed by atoms with Crippen molar-refractivity contribution in [2.75, 3.05) is 0 Å². The van der Waals surface area contributed by atoms with Crippen LogP contribution in [0.5, 0.6) is 0 Å². The minimum absolute atomic E-state index is 0. The smallest absolute Gasteiger partial charge is 0.164 e. The molecule has 450 valence electrons. The number of Topliss-reactive ketones (excluding diaryl/α,β-unsaturated/α-hetero) is 3. The van der Waals surface area contributed by atoms with E-state index in [-0.39, 0.29) is 71.0 Å². The van der Waals surface area contributed by atoms with E-state index in [1.54, 1.807) is 46.5 Å². The SMILES string of the molecule is C.C.C.C.C.C.C.C.CC.CC.CC.CC.CC.CC.CC.Cc1ccccc1.Cc1ccccc1.O=C1CCC(=O)c2ccccc21.O=C1CCCC1.c1ccc2c(c1)CCC2.c1ccc2c(c1)CCC2.c1ccccc1. The van der Waals surface area contributed by atoms with Crippen LogP contribution in [-0.2, 0) is 30.5 Å². The Hall–Kier alpha value is -5.67. The number of rotatable bonds is 0. The molecule has 1 saturated carbocycles. The maximum absolute atomic E-state index is 11.3. The van der Waals surface area contributed by atoms with E-state index in [2.05, 4.69) is 86.6 Å². The van der Waals surface area contributed by atoms with E-state index < -0.39 is 0 Å². The fourth-order valence-corrected chi connectivity index (χ4v) is 6.72. The molecule has 0 radical (unpaired) electrons. The Morgan fingerprint density at radius 3 is 0.603 bits per heavy atom. The van der Waals surface area contributed by atoms with E-state index in [0.29, 0.717) is 29.8 Å². The van der Waals surface area contributed by atoms with Gasteiger partial charge in [0.1, 0.15) is 5.78 Å². The topological polar surface area (TPSA) is 51.2 Å². The Kier molecular flexibility index (Phi) is 101. The summed E-state index contributed by atoms with van der Waals surface area (Å²) in [6.45, 7) is 32.2. The molecule has 0 saturated heterocycles. The van der Waals surface area contributed by atoms with Gasteiger partial charge in [-0.2, -0.15) is 0 Å². The van der Waals surface area contributed by atoms with E-state index in [9.17, 15) is 14.4 Å². The monoisotopic (exact) mass is 1080 g/mol. The van der Waals surface area contributed by atoms with E-state index in [4.69, 9.17) is 0 Å². The molecular weight excluding hydrogens is 949 g/mol. The van der Waals surface area contributed by atoms with Gasteiger partial charge in [-0.15, -0.1) is 0 Å². The number of hydrogen-bond donors (Lipinski definition) is 0. The van der Waals surface area contributed by atoms with Crippen LogP contribution < -0.4 is 0 Å². The summed E-state index contributed by atoms with van der Waals surface area (Å²) in [4.78, 5) is 32.8. The molecule has 0 bridgehead atoms. The molecule has 6 aromatic carbocycles. The average Bonchev–Trinajstić information content (AvgIpc) is 4.27. The highest BCUT2D eigenvalue weighted by atomic mass is 16.1. The third kappa shape index (κ3) is 51.1. The van der Waals surface area contributed by atoms with Crippen LogP contribution in [-0.4, -0.2) is 17.3 Å². The first-order valence-corrected chi connectivity index (χ1v) is 27.2. The lowest BCUT2D eigenvalue weighted by molar-refractivity contribution is -0.117. The number of carbonyl (C=O) groups excluding carboxylic acids is 3. The Morgan fingerprint density at radius 1 is 0.231 bits per heavy atom. The maximum Gasteiger partial charge on any atom is 0.164 e. The third-order valence-electron chi connectivity index (χ3n) is 9.84. The summed E-state index contributed by atoms with van der Waals surface area (Å²) in [5.41, 5.74) is 10.1. The third-order valence-corrected chi connectivity index (χ3v) is 9.84. The van der Waals surface area contributed by atoms with Crippen LogP contribution in [0.3, 0.4) is 0 Å². The summed E-state index contributed by atoms with van der Waals surface area (Å²) < 4.78 is 0. The summed E-state index contributed by atoms with van der Waals surface area (Å²) in [6.07, 6.45) is 12.6. The lowest BCUT2D eigenvalue weighted by atomic mass is 9.90. The van der Waals surface area contributed by atoms with Crippen molar-refractivity contribution in [3.05, 3.63) is 214 Å². The highest BCUT2D eigenvalue weighted by Gasteiger charge is 2.22. The second-order valence-electron chi connectivity index (χ2n) is 14.3. The van der Waals surface area contributed by atoms with Gasteiger partial charge in [0.15, 0.2) is 11.6 Å². The standard InChI is InChI=1S/C10H8O2.2C9H10.2C7H8.C6H6.C5H8O.7C2H6.8CH4/c11-9-5-6-10(12)8-4-2-1-3-7(8)9;2*1-2-5-9-7-3-6-8(9)4-1;2*1-7-5-3-2-4-6-7;1-2-4-6-5-3-1;6-5-3-1-2-4-5;7*1-2;;;;;;;;/h1-4H,5-6H2;2*1-2,4-5H,3,6-7H2;2*2-6H,1H3;1-6H;1-4H2;7*1-2H3;8*1H4. The van der Waals surface area contributed by atoms with E-state index >= 15 is 0 Å². The van der Waals surface area contributed by atoms with Crippen LogP contribution >= 0.6 is 0 Å². The predicted molar refractivity (Wildman–Crippen MR) is 367 cm³/mol. The molecule has 0 spiro atoms. The second kappa shape index (κ2) is 77.8. The van der Waals surface area contributed by atoms with Crippen LogP contribution in [0.1, 0.15) is 262 Å². The van der Waals surface area contributed by atoms with Gasteiger partial charge in [0.05, 0.1) is 0 Å². The van der Waals surface area contributed by atoms with Crippen LogP contribution in [0, 0.1) is 13.8 Å². The van der Waals surface area contributed by atoms with Gasteiger partial charge < -0.3 is 0 Å². The van der Waals surface area contributed by atoms with Crippen LogP contribution in [0.2, 0.25) is 0 Å². The highest BCUT2D eigenvalue weighted by Crippen LogP contribution is 2.22. The van der Waals surface area contributed by atoms with Crippen molar-refractivity contribution in [1.82, 2.24) is 0 Å². The van der Waals surface area contributed by atoms with Gasteiger partial charge in [-0.3, -0.25) is 14.4 Å². The maximum atomic E-state index is 11.3. The molecule has 3 heteroatoms. The molecule has 1 fully saturated rings. The quantitative estimate of drug-likeness (QED) is 0.152. The van der Waals surface area contributed by atoms with E-state index in [1.165, 1.54) is 49.7 Å². The molecule has 0 heterocycles. The van der Waals surface area contributed by atoms with Crippen molar-refractivity contribution in [1.29, 1.82) is 0 Å². The van der Waals surface area contributed by atoms with Gasteiger partial charge in [-0.25, -0.2) is 0 Å². The Labute approximate surface area is 491 Å². The molecule has 0 atom stereocenters. The summed E-state index contributed by atoms with van der Waals surface area (Å²) in [6, 6.07) is 57.0. The number of aryl methyl sites for hydroxylation is 6. The molecule has 10 rings (SSSR count). The molecule has 0 N–H and O–H groups in total. The number of carbonyl (C=O) groups is 3. The number of benzene rings is 6. The van der Waals surface area contributed by atoms with Crippen molar-refractivity contribution in [3.8, 4) is 0 Å². The molecule has 4 aliphatic carbocycles. The van der Waals surface area contributed by atoms with E-state index in [1.807, 2.05) is 170 Å². The molecule has 0 aromatic heterocycles. The summed E-state index contributed by atoms with van der Waals surface area (Å²) in [5, 5.41) is 0. The second-order valence-corrected chi connectivity index (χ2v) is 14.3. The zero-order valence-electron chi connectivity index (χ0n) is 47.4. The fraction of sp³-hybridized carbons (Fsp3) is 0.480. The minimum atomic E-state index is 0. The Balaban J connectivity index is -0.0000000622. The molecule has 0 unspecified atom stereocenters. The first kappa shape index (κ1) is 101. The first-order chi connectivity index (χ1) is 34.4. The number of hydrogen-bond acceptors (Lipinski definition) is 3. The number of fused-ring (bicyclic) bond motifs is 3. The Morgan fingerprint density at radius 2 is 0.423 bits per heavy atom. The van der Waals surface area contributed by atoms with Crippen molar-refractivity contribution in [2.45, 2.75) is 247 Å². The van der Waals surface area contributed by atoms with Gasteiger partial charge in [0, 0.05) is 36.8 Å². The largest absolute Gasteiger partial charge is 0.300 e. The van der Waals surface area contributed by atoms with Crippen molar-refractivity contribution >= 4 is 17.3 Å². The molecule has 0 aliphatic heterocycles. The zero-order valence-corrected chi connectivity index (χ0v) is 47.4. The van der Waals surface area contributed by atoms with Gasteiger partial charge >= 0.3 is 0 Å². The summed E-state index contributed by atoms with van der Waals surface area (Å²) >= 11 is 0. The van der Waals surface area contributed by atoms with Crippen molar-refractivity contribution in [2.24, 2.45) is 0 Å². The summed E-state index contributed by atoms with van der Waals surface area (Å²) in [7, 11) is 0. The molecule has 6 aromatic rings. The van der Waals surface area contributed by atoms with E-state index in [0.717, 1.165) is 25.7 Å². The lowest BCUT2D eigenvalue weighted by Gasteiger charge is -2.11. The highest BCUT2D eigenvalue weighted by molar-refractivity contribution is 6.13. The van der Waals surface area contributed by atoms with Gasteiger partial charge in [-0.1, -0.05) is 337 Å². The van der Waals surface area contributed by atoms with Crippen LogP contribution in [0.25, 0.3) is 0 Å². The van der Waals surface area contributed by atoms with Crippen molar-refractivity contribution < 1.29 is 14.4 Å². The number of ketones is 3. The normalized spacial score (nSPS) is 10.5. The van der Waals surface area contributed by atoms with Gasteiger partial charge in [-0.05, 0) is 87.5 Å². The molecule has 78 heavy (non-hydrogen) atoms.